The maximum Gasteiger partial charge on any atom is 0.340 e. The Hall–Kier alpha value is -2.60. The van der Waals surface area contributed by atoms with Crippen LogP contribution in [0.4, 0.5) is 15.8 Å². The Morgan fingerprint density at radius 2 is 2.00 bits per heavy atom. The highest BCUT2D eigenvalue weighted by Gasteiger charge is 2.14. The molecular formula is C16H14ClFN2O3. The molecule has 2 aromatic carbocycles. The molecule has 23 heavy (non-hydrogen) atoms. The lowest BCUT2D eigenvalue weighted by atomic mass is 10.2. The molecule has 7 heteroatoms. The fourth-order valence-electron chi connectivity index (χ4n) is 1.82. The summed E-state index contributed by atoms with van der Waals surface area (Å²) in [7, 11) is 0. The van der Waals surface area contributed by atoms with Crippen LogP contribution in [0.2, 0.25) is 5.02 Å². The molecule has 2 rings (SSSR count). The number of nitrogens with one attached hydrogen (secondary N) is 1. The van der Waals surface area contributed by atoms with Crippen LogP contribution in [-0.4, -0.2) is 18.5 Å². The highest BCUT2D eigenvalue weighted by molar-refractivity contribution is 6.31. The van der Waals surface area contributed by atoms with Crippen molar-refractivity contribution < 1.29 is 18.7 Å². The van der Waals surface area contributed by atoms with Crippen LogP contribution in [-0.2, 0) is 9.53 Å². The quantitative estimate of drug-likeness (QED) is 0.663. The van der Waals surface area contributed by atoms with Gasteiger partial charge in [0, 0.05) is 10.7 Å². The van der Waals surface area contributed by atoms with Crippen LogP contribution in [0.5, 0.6) is 0 Å². The van der Waals surface area contributed by atoms with Crippen LogP contribution in [0.3, 0.4) is 0 Å². The van der Waals surface area contributed by atoms with E-state index in [9.17, 15) is 14.0 Å². The molecule has 0 spiro atoms. The predicted octanol–water partition coefficient (Wildman–Crippen LogP) is 3.17. The van der Waals surface area contributed by atoms with Gasteiger partial charge in [0.05, 0.1) is 11.3 Å². The number of rotatable bonds is 4. The van der Waals surface area contributed by atoms with Crippen LogP contribution >= 0.6 is 11.6 Å². The maximum atomic E-state index is 13.6. The van der Waals surface area contributed by atoms with Gasteiger partial charge in [-0.3, -0.25) is 4.79 Å². The number of nitrogens with two attached hydrogens (primary N) is 1. The topological polar surface area (TPSA) is 81.4 Å². The molecule has 0 heterocycles. The second-order valence-electron chi connectivity index (χ2n) is 4.84. The van der Waals surface area contributed by atoms with E-state index >= 15 is 0 Å². The molecule has 2 aromatic rings. The Morgan fingerprint density at radius 1 is 1.26 bits per heavy atom. The highest BCUT2D eigenvalue weighted by Crippen LogP contribution is 2.19. The number of carbonyl (C=O) groups is 2. The van der Waals surface area contributed by atoms with Gasteiger partial charge in [0.2, 0.25) is 0 Å². The first kappa shape index (κ1) is 16.8. The largest absolute Gasteiger partial charge is 0.452 e. The summed E-state index contributed by atoms with van der Waals surface area (Å²) in [5.74, 6) is -2.02. The first-order valence-corrected chi connectivity index (χ1v) is 7.03. The van der Waals surface area contributed by atoms with E-state index in [0.717, 1.165) is 5.56 Å². The molecule has 0 saturated heterocycles. The number of carbonyl (C=O) groups excluding carboxylic acids is 2. The fourth-order valence-corrected chi connectivity index (χ4v) is 1.99. The fraction of sp³-hybridized carbons (Fsp3) is 0.125. The van der Waals surface area contributed by atoms with E-state index in [1.165, 1.54) is 30.3 Å². The number of nitrogen functional groups attached to an aromatic ring is 1. The zero-order valence-corrected chi connectivity index (χ0v) is 13.0. The molecule has 1 amide bonds. The van der Waals surface area contributed by atoms with Crippen molar-refractivity contribution in [3.63, 3.8) is 0 Å². The third kappa shape index (κ3) is 4.43. The first-order valence-electron chi connectivity index (χ1n) is 6.65. The first-order chi connectivity index (χ1) is 10.9. The zero-order valence-electron chi connectivity index (χ0n) is 12.2. The lowest BCUT2D eigenvalue weighted by Crippen LogP contribution is -2.21. The minimum absolute atomic E-state index is 0.0129. The molecule has 0 fully saturated rings. The number of amides is 1. The van der Waals surface area contributed by atoms with E-state index in [4.69, 9.17) is 22.1 Å². The summed E-state index contributed by atoms with van der Waals surface area (Å²) < 4.78 is 18.5. The Balaban J connectivity index is 1.96. The average molecular weight is 337 g/mol. The van der Waals surface area contributed by atoms with Gasteiger partial charge in [0.15, 0.2) is 6.61 Å². The second kappa shape index (κ2) is 7.11. The number of ether oxygens (including phenoxy) is 1. The van der Waals surface area contributed by atoms with Gasteiger partial charge in [0.25, 0.3) is 5.91 Å². The molecule has 3 N–H and O–H groups in total. The minimum Gasteiger partial charge on any atom is -0.452 e. The second-order valence-corrected chi connectivity index (χ2v) is 5.28. The number of hydrogen-bond acceptors (Lipinski definition) is 4. The molecular weight excluding hydrogens is 323 g/mol. The summed E-state index contributed by atoms with van der Waals surface area (Å²) in [6.07, 6.45) is 0. The molecule has 0 aromatic heterocycles. The molecule has 0 atom stereocenters. The van der Waals surface area contributed by atoms with Gasteiger partial charge in [-0.25, -0.2) is 9.18 Å². The molecule has 0 bridgehead atoms. The lowest BCUT2D eigenvalue weighted by Gasteiger charge is -2.09. The van der Waals surface area contributed by atoms with Gasteiger partial charge in [-0.2, -0.15) is 0 Å². The van der Waals surface area contributed by atoms with Crippen molar-refractivity contribution in [3.05, 3.63) is 58.4 Å². The molecule has 120 valence electrons. The Morgan fingerprint density at radius 3 is 2.70 bits per heavy atom. The van der Waals surface area contributed by atoms with Crippen LogP contribution in [0, 0.1) is 12.7 Å². The van der Waals surface area contributed by atoms with E-state index in [0.29, 0.717) is 5.02 Å². The van der Waals surface area contributed by atoms with E-state index in [1.807, 2.05) is 0 Å². The number of hydrogen-bond donors (Lipinski definition) is 2. The van der Waals surface area contributed by atoms with Gasteiger partial charge in [-0.1, -0.05) is 17.7 Å². The number of aryl methyl sites for hydroxylation is 1. The SMILES string of the molecule is Cc1ccc(NC(=O)COC(=O)c2cc(Cl)ccc2N)c(F)c1. The normalized spacial score (nSPS) is 10.2. The summed E-state index contributed by atoms with van der Waals surface area (Å²) in [5.41, 5.74) is 6.63. The Labute approximate surface area is 137 Å². The number of anilines is 2. The van der Waals surface area contributed by atoms with Crippen molar-refractivity contribution in [1.29, 1.82) is 0 Å². The van der Waals surface area contributed by atoms with E-state index in [-0.39, 0.29) is 16.9 Å². The van der Waals surface area contributed by atoms with E-state index in [2.05, 4.69) is 5.32 Å². The van der Waals surface area contributed by atoms with Crippen molar-refractivity contribution in [2.45, 2.75) is 6.92 Å². The van der Waals surface area contributed by atoms with E-state index in [1.54, 1.807) is 13.0 Å². The molecule has 0 saturated carbocycles. The minimum atomic E-state index is -0.787. The van der Waals surface area contributed by atoms with Crippen LogP contribution < -0.4 is 11.1 Å². The van der Waals surface area contributed by atoms with Crippen molar-refractivity contribution in [1.82, 2.24) is 0 Å². The van der Waals surface area contributed by atoms with Crippen LogP contribution in [0.15, 0.2) is 36.4 Å². The van der Waals surface area contributed by atoms with Gasteiger partial charge in [0.1, 0.15) is 5.82 Å². The number of esters is 1. The summed E-state index contributed by atoms with van der Waals surface area (Å²) in [4.78, 5) is 23.6. The number of benzene rings is 2. The van der Waals surface area contributed by atoms with Crippen molar-refractivity contribution in [2.75, 3.05) is 17.7 Å². The lowest BCUT2D eigenvalue weighted by molar-refractivity contribution is -0.119. The molecule has 0 aliphatic carbocycles. The standard InChI is InChI=1S/C16H14ClFN2O3/c1-9-2-5-14(12(18)6-9)20-15(21)8-23-16(22)11-7-10(17)3-4-13(11)19/h2-7H,8,19H2,1H3,(H,20,21). The van der Waals surface area contributed by atoms with Crippen LogP contribution in [0.1, 0.15) is 15.9 Å². The summed E-state index contributed by atoms with van der Waals surface area (Å²) >= 11 is 5.78. The summed E-state index contributed by atoms with van der Waals surface area (Å²) in [6.45, 7) is 1.16. The van der Waals surface area contributed by atoms with Crippen molar-refractivity contribution in [2.24, 2.45) is 0 Å². The molecule has 0 unspecified atom stereocenters. The predicted molar refractivity (Wildman–Crippen MR) is 85.9 cm³/mol. The molecule has 0 aliphatic heterocycles. The third-order valence-corrected chi connectivity index (χ3v) is 3.20. The monoisotopic (exact) mass is 336 g/mol. The molecule has 0 aliphatic rings. The van der Waals surface area contributed by atoms with Gasteiger partial charge in [-0.15, -0.1) is 0 Å². The van der Waals surface area contributed by atoms with Crippen LogP contribution in [0.25, 0.3) is 0 Å². The Bertz CT molecular complexity index is 765. The van der Waals surface area contributed by atoms with Gasteiger partial charge >= 0.3 is 5.97 Å². The smallest absolute Gasteiger partial charge is 0.340 e. The third-order valence-electron chi connectivity index (χ3n) is 2.97. The van der Waals surface area contributed by atoms with E-state index < -0.39 is 24.3 Å². The molecule has 0 radical (unpaired) electrons. The molecule has 5 nitrogen and oxygen atoms in total. The maximum absolute atomic E-state index is 13.6. The van der Waals surface area contributed by atoms with Gasteiger partial charge < -0.3 is 15.8 Å². The van der Waals surface area contributed by atoms with Crippen molar-refractivity contribution in [3.8, 4) is 0 Å². The highest BCUT2D eigenvalue weighted by atomic mass is 35.5. The average Bonchev–Trinajstić information content (AvgIpc) is 2.50. The van der Waals surface area contributed by atoms with Crippen molar-refractivity contribution >= 4 is 34.9 Å². The zero-order chi connectivity index (χ0) is 17.0. The summed E-state index contributed by atoms with van der Waals surface area (Å²) in [5, 5.41) is 2.64. The summed E-state index contributed by atoms with van der Waals surface area (Å²) in [6, 6.07) is 8.70. The van der Waals surface area contributed by atoms with Gasteiger partial charge in [-0.05, 0) is 42.8 Å². The Kier molecular flexibility index (Phi) is 5.18. The number of halogens is 2.